The zero-order valence-corrected chi connectivity index (χ0v) is 28.0. The van der Waals surface area contributed by atoms with Gasteiger partial charge in [0, 0.05) is 27.7 Å². The molecule has 0 aliphatic carbocycles. The summed E-state index contributed by atoms with van der Waals surface area (Å²) in [5.74, 6) is 0.923. The van der Waals surface area contributed by atoms with Gasteiger partial charge in [-0.05, 0) is 27.4 Å². The van der Waals surface area contributed by atoms with Crippen molar-refractivity contribution in [3.8, 4) is 33.8 Å². The molecule has 0 N–H and O–H groups in total. The van der Waals surface area contributed by atoms with Gasteiger partial charge in [0.2, 0.25) is 17.1 Å². The number of hydrogen-bond donors (Lipinski definition) is 0. The highest BCUT2D eigenvalue weighted by Crippen LogP contribution is 2.30. The summed E-state index contributed by atoms with van der Waals surface area (Å²) in [6.45, 7) is 6.17. The maximum Gasteiger partial charge on any atom is 0.283 e. The van der Waals surface area contributed by atoms with Crippen molar-refractivity contribution in [2.75, 3.05) is 12.0 Å². The van der Waals surface area contributed by atoms with Gasteiger partial charge in [0.1, 0.15) is 0 Å². The van der Waals surface area contributed by atoms with Gasteiger partial charge in [-0.3, -0.25) is 13.9 Å². The molecular formula is C31H32N6O6S3. The number of benzene rings is 3. The van der Waals surface area contributed by atoms with E-state index in [0.29, 0.717) is 52.1 Å². The van der Waals surface area contributed by atoms with Gasteiger partial charge in [-0.1, -0.05) is 147 Å². The molecule has 0 atom stereocenters. The van der Waals surface area contributed by atoms with E-state index in [2.05, 4.69) is 36.3 Å². The third-order valence-corrected chi connectivity index (χ3v) is 8.65. The van der Waals surface area contributed by atoms with E-state index in [-0.39, 0.29) is 0 Å². The van der Waals surface area contributed by atoms with Crippen molar-refractivity contribution in [1.29, 1.82) is 0 Å². The molecule has 0 fully saturated rings. The van der Waals surface area contributed by atoms with E-state index in [1.807, 2.05) is 111 Å². The van der Waals surface area contributed by atoms with Crippen LogP contribution in [-0.4, -0.2) is 32.7 Å². The number of aromatic nitrogens is 6. The highest BCUT2D eigenvalue weighted by Gasteiger charge is 2.23. The van der Waals surface area contributed by atoms with Crippen molar-refractivity contribution in [1.82, 2.24) is 15.5 Å². The molecule has 0 spiro atoms. The van der Waals surface area contributed by atoms with Crippen molar-refractivity contribution < 1.29 is 28.6 Å². The smallest absolute Gasteiger partial charge is 0.283 e. The number of thioether (sulfide) groups is 3. The Morgan fingerprint density at radius 3 is 1.37 bits per heavy atom. The molecule has 12 nitrogen and oxygen atoms in total. The lowest BCUT2D eigenvalue weighted by molar-refractivity contribution is -0.793. The zero-order valence-electron chi connectivity index (χ0n) is 25.5. The monoisotopic (exact) mass is 680 g/mol. The first-order valence-corrected chi connectivity index (χ1v) is 17.2. The van der Waals surface area contributed by atoms with Crippen molar-refractivity contribution in [2.45, 2.75) is 47.5 Å². The highest BCUT2D eigenvalue weighted by atomic mass is 32.2. The molecule has 0 bridgehead atoms. The lowest BCUT2D eigenvalue weighted by atomic mass is 10.2. The molecule has 6 aromatic rings. The summed E-state index contributed by atoms with van der Waals surface area (Å²) in [5.41, 5.74) is 3.92. The average molecular weight is 681 g/mol. The topological polar surface area (TPSA) is 159 Å². The Kier molecular flexibility index (Phi) is 12.9. The molecule has 3 aromatic heterocycles. The Morgan fingerprint density at radius 2 is 0.978 bits per heavy atom. The molecule has 0 aliphatic rings. The highest BCUT2D eigenvalue weighted by molar-refractivity contribution is 8.00. The summed E-state index contributed by atoms with van der Waals surface area (Å²) < 4.78 is 13.8. The molecule has 0 unspecified atom stereocenters. The molecule has 6 rings (SSSR count). The SMILES string of the molecule is CC(C)Sc1no[n+]([O-])c1-c1ccccc1.CCCSc1no[n+]([O-])c1-c1ccccc1.CSc1no[n+]([O-])c1-c1ccccc1. The fraction of sp³-hybridized carbons (Fsp3) is 0.226. The van der Waals surface area contributed by atoms with Gasteiger partial charge in [-0.2, -0.15) is 0 Å². The van der Waals surface area contributed by atoms with E-state index >= 15 is 0 Å². The van der Waals surface area contributed by atoms with Crippen LogP contribution >= 0.6 is 35.3 Å². The fourth-order valence-corrected chi connectivity index (χ4v) is 6.04. The molecule has 0 saturated heterocycles. The predicted octanol–water partition coefficient (Wildman–Crippen LogP) is 6.65. The summed E-state index contributed by atoms with van der Waals surface area (Å²) in [5, 5.41) is 47.7. The number of nitrogens with zero attached hydrogens (tertiary/aromatic N) is 6. The molecule has 15 heteroatoms. The van der Waals surface area contributed by atoms with Crippen molar-refractivity contribution in [2.24, 2.45) is 0 Å². The molecule has 0 radical (unpaired) electrons. The van der Waals surface area contributed by atoms with Gasteiger partial charge in [0.25, 0.3) is 15.1 Å². The molecule has 0 aliphatic heterocycles. The van der Waals surface area contributed by atoms with Crippen LogP contribution < -0.4 is 14.7 Å². The van der Waals surface area contributed by atoms with Crippen LogP contribution in [-0.2, 0) is 0 Å². The minimum atomic E-state index is 0.354. The van der Waals surface area contributed by atoms with Gasteiger partial charge in [-0.15, -0.1) is 0 Å². The first-order valence-electron chi connectivity index (χ1n) is 14.1. The maximum absolute atomic E-state index is 11.5. The van der Waals surface area contributed by atoms with Crippen LogP contribution in [0, 0.1) is 15.6 Å². The first kappa shape index (κ1) is 34.4. The Morgan fingerprint density at radius 1 is 0.609 bits per heavy atom. The molecule has 0 saturated carbocycles. The standard InChI is InChI=1S/2C11H12N2O2S.C9H8N2O2S/c1-8(2)16-11-10(13(14)15-12-11)9-6-4-3-5-7-9;1-2-8-16-11-10(13(14)15-12-11)9-6-4-3-5-7-9;1-14-9-8(11(12)13-10-9)7-5-3-2-4-6-7/h3-8H,1-2H3;3-7H,2,8H2,1H3;2-6H,1H3. The van der Waals surface area contributed by atoms with Crippen molar-refractivity contribution in [3.05, 3.63) is 107 Å². The van der Waals surface area contributed by atoms with Gasteiger partial charge in [-0.25, -0.2) is 0 Å². The van der Waals surface area contributed by atoms with Crippen LogP contribution in [0.4, 0.5) is 0 Å². The normalized spacial score (nSPS) is 10.6. The van der Waals surface area contributed by atoms with Crippen LogP contribution in [0.25, 0.3) is 33.8 Å². The third kappa shape index (κ3) is 9.05. The van der Waals surface area contributed by atoms with Crippen molar-refractivity contribution in [3.63, 3.8) is 0 Å². The van der Waals surface area contributed by atoms with Gasteiger partial charge in [0.05, 0.1) is 15.5 Å². The molecule has 3 aromatic carbocycles. The van der Waals surface area contributed by atoms with E-state index in [1.54, 1.807) is 0 Å². The number of hydrogen-bond acceptors (Lipinski definition) is 12. The maximum atomic E-state index is 11.5. The minimum absolute atomic E-state index is 0.354. The van der Waals surface area contributed by atoms with E-state index in [1.165, 1.54) is 35.3 Å². The van der Waals surface area contributed by atoms with E-state index in [9.17, 15) is 15.6 Å². The van der Waals surface area contributed by atoms with Crippen molar-refractivity contribution >= 4 is 35.3 Å². The Labute approximate surface area is 278 Å². The Hall–Kier alpha value is -4.47. The number of rotatable bonds is 9. The largest absolute Gasteiger partial charge is 0.359 e. The second kappa shape index (κ2) is 17.3. The van der Waals surface area contributed by atoms with Crippen LogP contribution in [0.2, 0.25) is 0 Å². The lowest BCUT2D eigenvalue weighted by Gasteiger charge is -2.00. The summed E-state index contributed by atoms with van der Waals surface area (Å²) >= 11 is 4.44. The summed E-state index contributed by atoms with van der Waals surface area (Å²) in [6, 6.07) is 28.1. The fourth-order valence-electron chi connectivity index (χ4n) is 3.91. The van der Waals surface area contributed by atoms with Gasteiger partial charge < -0.3 is 15.6 Å². The second-order valence-electron chi connectivity index (χ2n) is 9.57. The molecular weight excluding hydrogens is 649 g/mol. The van der Waals surface area contributed by atoms with E-state index in [0.717, 1.165) is 28.9 Å². The minimum Gasteiger partial charge on any atom is -0.359 e. The molecule has 240 valence electrons. The molecule has 0 amide bonds. The summed E-state index contributed by atoms with van der Waals surface area (Å²) in [7, 11) is 0. The van der Waals surface area contributed by atoms with E-state index < -0.39 is 0 Å². The third-order valence-electron chi connectivity index (χ3n) is 5.87. The molecule has 3 heterocycles. The summed E-state index contributed by atoms with van der Waals surface area (Å²) in [4.78, 5) is 1.36. The van der Waals surface area contributed by atoms with Crippen LogP contribution in [0.3, 0.4) is 0 Å². The summed E-state index contributed by atoms with van der Waals surface area (Å²) in [6.07, 6.45) is 2.88. The predicted molar refractivity (Wildman–Crippen MR) is 176 cm³/mol. The van der Waals surface area contributed by atoms with Crippen LogP contribution in [0.5, 0.6) is 0 Å². The zero-order chi connectivity index (χ0) is 32.9. The van der Waals surface area contributed by atoms with E-state index in [4.69, 9.17) is 0 Å². The Balaban J connectivity index is 0.000000157. The average Bonchev–Trinajstić information content (AvgIpc) is 3.76. The first-order chi connectivity index (χ1) is 22.3. The Bertz CT molecular complexity index is 1770. The quantitative estimate of drug-likeness (QED) is 0.118. The van der Waals surface area contributed by atoms with Crippen LogP contribution in [0.1, 0.15) is 27.2 Å². The molecule has 46 heavy (non-hydrogen) atoms. The second-order valence-corrected chi connectivity index (χ2v) is 13.0. The van der Waals surface area contributed by atoms with Gasteiger partial charge in [0.15, 0.2) is 0 Å². The van der Waals surface area contributed by atoms with Gasteiger partial charge >= 0.3 is 0 Å². The van der Waals surface area contributed by atoms with Crippen LogP contribution in [0.15, 0.2) is 120 Å². The lowest BCUT2D eigenvalue weighted by Crippen LogP contribution is -2.25.